The lowest BCUT2D eigenvalue weighted by atomic mass is 10.2. The number of nitrogens with zero attached hydrogens (tertiary/aromatic N) is 2. The van der Waals surface area contributed by atoms with E-state index in [1.807, 2.05) is 49.4 Å². The third-order valence-electron chi connectivity index (χ3n) is 3.61. The second kappa shape index (κ2) is 8.15. The van der Waals surface area contributed by atoms with Gasteiger partial charge >= 0.3 is 0 Å². The summed E-state index contributed by atoms with van der Waals surface area (Å²) in [5.74, 6) is 1.91. The first kappa shape index (κ1) is 17.5. The highest BCUT2D eigenvalue weighted by Gasteiger charge is 2.10. The second-order valence-electron chi connectivity index (χ2n) is 5.63. The fraction of sp³-hybridized carbons (Fsp3) is 0.211. The van der Waals surface area contributed by atoms with Crippen LogP contribution in [0.5, 0.6) is 11.5 Å². The zero-order valence-corrected chi connectivity index (χ0v) is 14.6. The number of amides is 1. The molecule has 7 nitrogen and oxygen atoms in total. The molecule has 0 aliphatic heterocycles. The van der Waals surface area contributed by atoms with Crippen molar-refractivity contribution in [2.45, 2.75) is 13.5 Å². The van der Waals surface area contributed by atoms with Crippen LogP contribution in [-0.2, 0) is 11.3 Å². The molecule has 2 aromatic carbocycles. The van der Waals surface area contributed by atoms with Crippen molar-refractivity contribution in [3.8, 4) is 23.0 Å². The molecule has 0 bridgehead atoms. The van der Waals surface area contributed by atoms with Crippen LogP contribution in [0.25, 0.3) is 11.5 Å². The number of carbonyl (C=O) groups is 1. The quantitative estimate of drug-likeness (QED) is 0.703. The van der Waals surface area contributed by atoms with Gasteiger partial charge in [-0.25, -0.2) is 0 Å². The van der Waals surface area contributed by atoms with E-state index < -0.39 is 0 Å². The average Bonchev–Trinajstić information content (AvgIpc) is 3.14. The number of hydrogen-bond acceptors (Lipinski definition) is 6. The molecule has 3 aromatic rings. The van der Waals surface area contributed by atoms with Crippen molar-refractivity contribution in [1.29, 1.82) is 0 Å². The van der Waals surface area contributed by atoms with E-state index in [1.54, 1.807) is 13.2 Å². The fourth-order valence-electron chi connectivity index (χ4n) is 2.26. The Bertz CT molecular complexity index is 875. The van der Waals surface area contributed by atoms with Gasteiger partial charge in [-0.2, -0.15) is 4.98 Å². The van der Waals surface area contributed by atoms with E-state index in [-0.39, 0.29) is 19.1 Å². The Balaban J connectivity index is 1.50. The van der Waals surface area contributed by atoms with E-state index in [4.69, 9.17) is 14.0 Å². The predicted molar refractivity (Wildman–Crippen MR) is 94.8 cm³/mol. The molecule has 0 radical (unpaired) electrons. The Hall–Kier alpha value is -3.35. The third-order valence-corrected chi connectivity index (χ3v) is 3.61. The van der Waals surface area contributed by atoms with Gasteiger partial charge in [-0.05, 0) is 48.9 Å². The monoisotopic (exact) mass is 353 g/mol. The molecule has 0 unspecified atom stereocenters. The Morgan fingerprint density at radius 2 is 1.96 bits per heavy atom. The van der Waals surface area contributed by atoms with E-state index >= 15 is 0 Å². The summed E-state index contributed by atoms with van der Waals surface area (Å²) < 4.78 is 15.8. The predicted octanol–water partition coefficient (Wildman–Crippen LogP) is 2.75. The van der Waals surface area contributed by atoms with Crippen molar-refractivity contribution in [1.82, 2.24) is 15.5 Å². The molecule has 0 fully saturated rings. The Morgan fingerprint density at radius 1 is 1.15 bits per heavy atom. The molecule has 0 atom stereocenters. The molecule has 0 saturated carbocycles. The molecular formula is C19H19N3O4. The number of hydrogen-bond donors (Lipinski definition) is 1. The largest absolute Gasteiger partial charge is 0.497 e. The molecular weight excluding hydrogens is 334 g/mol. The summed E-state index contributed by atoms with van der Waals surface area (Å²) in [6, 6.07) is 14.8. The lowest BCUT2D eigenvalue weighted by molar-refractivity contribution is -0.123. The molecule has 1 amide bonds. The van der Waals surface area contributed by atoms with Gasteiger partial charge in [0, 0.05) is 5.56 Å². The second-order valence-corrected chi connectivity index (χ2v) is 5.63. The van der Waals surface area contributed by atoms with Crippen LogP contribution in [0.3, 0.4) is 0 Å². The standard InChI is InChI=1S/C19H19N3O4/c1-13-4-3-5-16(10-13)25-12-18(23)20-11-17-21-19(26-22-17)14-6-8-15(24-2)9-7-14/h3-10H,11-12H2,1-2H3,(H,20,23). The highest BCUT2D eigenvalue weighted by Crippen LogP contribution is 2.20. The topological polar surface area (TPSA) is 86.5 Å². The normalized spacial score (nSPS) is 10.4. The SMILES string of the molecule is COc1ccc(-c2nc(CNC(=O)COc3cccc(C)c3)no2)cc1. The number of aromatic nitrogens is 2. The van der Waals surface area contributed by atoms with E-state index in [0.717, 1.165) is 16.9 Å². The van der Waals surface area contributed by atoms with Crippen LogP contribution < -0.4 is 14.8 Å². The first-order valence-electron chi connectivity index (χ1n) is 8.07. The number of benzene rings is 2. The molecule has 1 aromatic heterocycles. The van der Waals surface area contributed by atoms with E-state index in [9.17, 15) is 4.79 Å². The maximum Gasteiger partial charge on any atom is 0.258 e. The number of ether oxygens (including phenoxy) is 2. The van der Waals surface area contributed by atoms with Crippen LogP contribution in [-0.4, -0.2) is 29.8 Å². The zero-order chi connectivity index (χ0) is 18.4. The van der Waals surface area contributed by atoms with Crippen molar-refractivity contribution >= 4 is 5.91 Å². The van der Waals surface area contributed by atoms with Gasteiger partial charge in [0.1, 0.15) is 11.5 Å². The smallest absolute Gasteiger partial charge is 0.258 e. The van der Waals surface area contributed by atoms with Gasteiger partial charge in [0.2, 0.25) is 0 Å². The molecule has 134 valence electrons. The van der Waals surface area contributed by atoms with Crippen molar-refractivity contribution in [3.63, 3.8) is 0 Å². The first-order chi connectivity index (χ1) is 12.6. The number of methoxy groups -OCH3 is 1. The van der Waals surface area contributed by atoms with E-state index in [2.05, 4.69) is 15.5 Å². The summed E-state index contributed by atoms with van der Waals surface area (Å²) in [6.45, 7) is 2.05. The van der Waals surface area contributed by atoms with Gasteiger partial charge in [-0.15, -0.1) is 0 Å². The highest BCUT2D eigenvalue weighted by molar-refractivity contribution is 5.77. The van der Waals surface area contributed by atoms with Gasteiger partial charge in [-0.1, -0.05) is 17.3 Å². The molecule has 0 aliphatic carbocycles. The Morgan fingerprint density at radius 3 is 2.69 bits per heavy atom. The third kappa shape index (κ3) is 4.60. The maximum absolute atomic E-state index is 11.9. The summed E-state index contributed by atoms with van der Waals surface area (Å²) in [4.78, 5) is 16.1. The van der Waals surface area contributed by atoms with Crippen LogP contribution >= 0.6 is 0 Å². The molecule has 26 heavy (non-hydrogen) atoms. The molecule has 7 heteroatoms. The number of rotatable bonds is 7. The van der Waals surface area contributed by atoms with Crippen molar-refractivity contribution in [2.75, 3.05) is 13.7 Å². The lowest BCUT2D eigenvalue weighted by Crippen LogP contribution is -2.28. The number of carbonyl (C=O) groups excluding carboxylic acids is 1. The highest BCUT2D eigenvalue weighted by atomic mass is 16.5. The Kier molecular flexibility index (Phi) is 5.48. The molecule has 0 saturated heterocycles. The lowest BCUT2D eigenvalue weighted by Gasteiger charge is -2.06. The zero-order valence-electron chi connectivity index (χ0n) is 14.6. The minimum atomic E-state index is -0.262. The number of nitrogens with one attached hydrogen (secondary N) is 1. The average molecular weight is 353 g/mol. The number of aryl methyl sites for hydroxylation is 1. The van der Waals surface area contributed by atoms with Crippen molar-refractivity contribution < 1.29 is 18.8 Å². The molecule has 0 aliphatic rings. The van der Waals surface area contributed by atoms with Crippen LogP contribution in [0.1, 0.15) is 11.4 Å². The van der Waals surface area contributed by atoms with E-state index in [0.29, 0.717) is 17.5 Å². The van der Waals surface area contributed by atoms with Gasteiger partial charge in [0.25, 0.3) is 11.8 Å². The van der Waals surface area contributed by atoms with Crippen molar-refractivity contribution in [2.24, 2.45) is 0 Å². The van der Waals surface area contributed by atoms with E-state index in [1.165, 1.54) is 0 Å². The van der Waals surface area contributed by atoms with Crippen LogP contribution in [0.4, 0.5) is 0 Å². The molecule has 1 heterocycles. The molecule has 0 spiro atoms. The van der Waals surface area contributed by atoms with Gasteiger partial charge in [0.05, 0.1) is 13.7 Å². The molecule has 1 N–H and O–H groups in total. The summed E-state index contributed by atoms with van der Waals surface area (Å²) in [7, 11) is 1.60. The fourth-order valence-corrected chi connectivity index (χ4v) is 2.26. The van der Waals surface area contributed by atoms with Gasteiger partial charge in [-0.3, -0.25) is 4.79 Å². The van der Waals surface area contributed by atoms with Gasteiger partial charge in [0.15, 0.2) is 12.4 Å². The minimum Gasteiger partial charge on any atom is -0.497 e. The van der Waals surface area contributed by atoms with Crippen LogP contribution in [0, 0.1) is 6.92 Å². The minimum absolute atomic E-state index is 0.0767. The summed E-state index contributed by atoms with van der Waals surface area (Å²) in [5, 5.41) is 6.56. The van der Waals surface area contributed by atoms with Gasteiger partial charge < -0.3 is 19.3 Å². The summed E-state index contributed by atoms with van der Waals surface area (Å²) >= 11 is 0. The maximum atomic E-state index is 11.9. The molecule has 3 rings (SSSR count). The van der Waals surface area contributed by atoms with Crippen LogP contribution in [0.2, 0.25) is 0 Å². The van der Waals surface area contributed by atoms with Crippen LogP contribution in [0.15, 0.2) is 53.1 Å². The van der Waals surface area contributed by atoms with Crippen molar-refractivity contribution in [3.05, 3.63) is 59.9 Å². The Labute approximate surface area is 150 Å². The first-order valence-corrected chi connectivity index (χ1v) is 8.07. The summed E-state index contributed by atoms with van der Waals surface area (Å²) in [6.07, 6.45) is 0. The summed E-state index contributed by atoms with van der Waals surface area (Å²) in [5.41, 5.74) is 1.85.